The third kappa shape index (κ3) is 5.28. The third-order valence-electron chi connectivity index (χ3n) is 9.80. The molecule has 0 atom stereocenters. The van der Waals surface area contributed by atoms with Gasteiger partial charge >= 0.3 is 22.4 Å². The van der Waals surface area contributed by atoms with Gasteiger partial charge in [0, 0.05) is 33.9 Å². The van der Waals surface area contributed by atoms with E-state index in [0.717, 1.165) is 90.1 Å². The van der Waals surface area contributed by atoms with Crippen molar-refractivity contribution in [2.24, 2.45) is 0 Å². The van der Waals surface area contributed by atoms with Crippen molar-refractivity contribution in [3.63, 3.8) is 0 Å². The van der Waals surface area contributed by atoms with Crippen LogP contribution < -0.4 is 15.0 Å². The maximum Gasteiger partial charge on any atom is 3.00 e. The number of hydrogen-bond donors (Lipinski definition) is 0. The summed E-state index contributed by atoms with van der Waals surface area (Å²) < 4.78 is 6.49. The Morgan fingerprint density at radius 1 is 0.420 bits per heavy atom. The van der Waals surface area contributed by atoms with Crippen molar-refractivity contribution in [2.75, 3.05) is 0 Å². The minimum Gasteiger partial charge on any atom is -0.367 e. The smallest absolute Gasteiger partial charge is 0.367 e. The number of para-hydroxylation sites is 3. The van der Waals surface area contributed by atoms with E-state index in [1.807, 2.05) is 42.5 Å². The van der Waals surface area contributed by atoms with Gasteiger partial charge in [0.15, 0.2) is 0 Å². The van der Waals surface area contributed by atoms with Crippen LogP contribution in [0.1, 0.15) is 52.0 Å². The number of nitrogens with zero attached hydrogens (tertiary/aromatic N) is 8. The van der Waals surface area contributed by atoms with Gasteiger partial charge in [-0.3, -0.25) is 0 Å². The zero-order valence-corrected chi connectivity index (χ0v) is 31.3. The zero-order valence-electron chi connectivity index (χ0n) is 29.1. The summed E-state index contributed by atoms with van der Waals surface area (Å²) in [5, 5.41) is 0. The van der Waals surface area contributed by atoms with Crippen LogP contribution in [0.15, 0.2) is 91.0 Å². The number of benzene rings is 3. The van der Waals surface area contributed by atoms with Gasteiger partial charge in [-0.05, 0) is 111 Å². The molecule has 3 aromatic carbocycles. The van der Waals surface area contributed by atoms with Gasteiger partial charge in [0.05, 0.1) is 11.6 Å². The van der Waals surface area contributed by atoms with Crippen LogP contribution in [0, 0.1) is 41.5 Å². The predicted octanol–water partition coefficient (Wildman–Crippen LogP) is 8.71. The molecule has 1 aliphatic heterocycles. The molecule has 0 saturated carbocycles. The molecule has 8 rings (SSSR count). The first-order valence-corrected chi connectivity index (χ1v) is 16.6. The Morgan fingerprint density at radius 3 is 1.22 bits per heavy atom. The molecule has 50 heavy (non-hydrogen) atoms. The number of aryl methyl sites for hydroxylation is 6. The quantitative estimate of drug-likeness (QED) is 0.167. The maximum atomic E-state index is 5.48. The van der Waals surface area contributed by atoms with Crippen molar-refractivity contribution in [1.29, 1.82) is 0 Å². The van der Waals surface area contributed by atoms with E-state index >= 15 is 0 Å². The van der Waals surface area contributed by atoms with Crippen LogP contribution in [0.5, 0.6) is 0 Å². The largest absolute Gasteiger partial charge is 3.00 e. The number of allylic oxidation sites excluding steroid dienone is 1. The van der Waals surface area contributed by atoms with E-state index in [9.17, 15) is 0 Å². The van der Waals surface area contributed by atoms with Gasteiger partial charge in [-0.2, -0.15) is 0 Å². The van der Waals surface area contributed by atoms with Crippen LogP contribution in [0.4, 0.5) is 0 Å². The fraction of sp³-hybridized carbons (Fsp3) is 0.171. The fourth-order valence-electron chi connectivity index (χ4n) is 6.61. The van der Waals surface area contributed by atoms with Crippen molar-refractivity contribution >= 4 is 45.5 Å². The number of rotatable bonds is 3. The molecular formula is C41H37AuN8. The molecule has 0 spiro atoms. The molecule has 0 unspecified atom stereocenters. The monoisotopic (exact) mass is 838 g/mol. The molecule has 0 saturated heterocycles. The minimum absolute atomic E-state index is 0. The Kier molecular flexibility index (Phi) is 8.56. The standard InChI is InChI=1S/C41H37N8.Au/c1-24-23-34-42-35(24)43-36-25(2)26(3)37(44-36)48(32-19-13-9-14-20-32)40-29(6)30(7)41(46-40)49(33-21-15-10-16-22-33)39-28(5)27(4)38(45-39)47(34)31-17-11-8-12-18-31;/h8-23H,1-7H3;/q-3;+3. The van der Waals surface area contributed by atoms with Crippen LogP contribution >= 0.6 is 0 Å². The molecule has 8 bridgehead atoms. The summed E-state index contributed by atoms with van der Waals surface area (Å²) in [4.78, 5) is 26.4. The summed E-state index contributed by atoms with van der Waals surface area (Å²) in [6.45, 7) is 14.8. The van der Waals surface area contributed by atoms with Gasteiger partial charge in [0.2, 0.25) is 0 Å². The van der Waals surface area contributed by atoms with Gasteiger partial charge in [-0.15, -0.1) is 0 Å². The molecule has 0 N–H and O–H groups in total. The molecule has 0 fully saturated rings. The van der Waals surface area contributed by atoms with Crippen LogP contribution in [0.25, 0.3) is 62.6 Å². The van der Waals surface area contributed by atoms with E-state index in [2.05, 4.69) is 117 Å². The average Bonchev–Trinajstić information content (AvgIpc) is 3.80. The summed E-state index contributed by atoms with van der Waals surface area (Å²) in [7, 11) is 0. The second-order valence-electron chi connectivity index (χ2n) is 12.8. The summed E-state index contributed by atoms with van der Waals surface area (Å²) in [5.41, 5.74) is 14.9. The van der Waals surface area contributed by atoms with Gasteiger partial charge < -0.3 is 33.6 Å². The van der Waals surface area contributed by atoms with Gasteiger partial charge in [0.1, 0.15) is 0 Å². The summed E-state index contributed by atoms with van der Waals surface area (Å²) in [5.74, 6) is 1.38. The van der Waals surface area contributed by atoms with Gasteiger partial charge in [-0.1, -0.05) is 91.0 Å². The van der Waals surface area contributed by atoms with Crippen LogP contribution in [0.3, 0.4) is 0 Å². The Labute approximate surface area is 306 Å². The van der Waals surface area contributed by atoms with Crippen LogP contribution in [0.2, 0.25) is 0 Å². The van der Waals surface area contributed by atoms with Crippen LogP contribution in [-0.2, 0) is 22.4 Å². The number of hydrogen-bond acceptors (Lipinski definition) is 2. The Balaban J connectivity index is 0.00000392. The molecule has 7 aromatic rings. The van der Waals surface area contributed by atoms with Crippen molar-refractivity contribution < 1.29 is 22.4 Å². The molecular weight excluding hydrogens is 801 g/mol. The van der Waals surface area contributed by atoms with E-state index in [4.69, 9.17) is 24.9 Å². The second-order valence-corrected chi connectivity index (χ2v) is 12.8. The molecule has 0 aliphatic carbocycles. The van der Waals surface area contributed by atoms with Crippen molar-refractivity contribution in [3.05, 3.63) is 136 Å². The topological polar surface area (TPSA) is 82.9 Å². The van der Waals surface area contributed by atoms with Crippen molar-refractivity contribution in [1.82, 2.24) is 38.6 Å². The summed E-state index contributed by atoms with van der Waals surface area (Å²) in [6, 6.07) is 31.0. The van der Waals surface area contributed by atoms with E-state index in [-0.39, 0.29) is 22.4 Å². The van der Waals surface area contributed by atoms with Crippen LogP contribution in [-0.4, -0.2) is 23.7 Å². The van der Waals surface area contributed by atoms with Crippen molar-refractivity contribution in [3.8, 4) is 17.1 Å². The maximum absolute atomic E-state index is 5.48. The van der Waals surface area contributed by atoms with E-state index in [1.165, 1.54) is 0 Å². The van der Waals surface area contributed by atoms with E-state index in [0.29, 0.717) is 11.5 Å². The first kappa shape index (κ1) is 33.2. The van der Waals surface area contributed by atoms with Gasteiger partial charge in [0.25, 0.3) is 0 Å². The molecule has 4 aromatic heterocycles. The number of fused-ring (bicyclic) bond motifs is 8. The second kappa shape index (κ2) is 12.9. The summed E-state index contributed by atoms with van der Waals surface area (Å²) in [6.07, 6.45) is 2.09. The molecule has 5 heterocycles. The van der Waals surface area contributed by atoms with E-state index < -0.39 is 0 Å². The van der Waals surface area contributed by atoms with Gasteiger partial charge in [-0.25, -0.2) is 4.98 Å². The fourth-order valence-corrected chi connectivity index (χ4v) is 6.61. The third-order valence-corrected chi connectivity index (χ3v) is 9.80. The predicted molar refractivity (Wildman–Crippen MR) is 199 cm³/mol. The Morgan fingerprint density at radius 2 is 0.780 bits per heavy atom. The molecule has 0 amide bonds. The molecule has 8 nitrogen and oxygen atoms in total. The normalized spacial score (nSPS) is 11.9. The zero-order chi connectivity index (χ0) is 34.0. The van der Waals surface area contributed by atoms with Crippen molar-refractivity contribution in [2.45, 2.75) is 48.5 Å². The molecule has 9 heteroatoms. The average molecular weight is 839 g/mol. The summed E-state index contributed by atoms with van der Waals surface area (Å²) >= 11 is 0. The minimum atomic E-state index is 0. The number of aromatic nitrogens is 8. The Hall–Kier alpha value is -5.28. The first-order chi connectivity index (χ1) is 23.7. The molecule has 1 aliphatic rings. The van der Waals surface area contributed by atoms with E-state index in [1.54, 1.807) is 0 Å². The molecule has 0 radical (unpaired) electrons. The molecule has 252 valence electrons. The SMILES string of the molecule is CC1=Cc2nc1nc1[n-]c(c(C)c1C)n(-c1ccccc1)c1[n-]c(c(C)c1C)n(-c1ccccc1)c1[n-]c(c(C)c1C)n2-c1ccccc1.[Au+3]. The Bertz CT molecular complexity index is 2600. The first-order valence-electron chi connectivity index (χ1n) is 16.6.